The first kappa shape index (κ1) is 22.9. The summed E-state index contributed by atoms with van der Waals surface area (Å²) in [4.78, 5) is 51.5. The lowest BCUT2D eigenvalue weighted by Crippen LogP contribution is -2.71. The number of nitrogens with zero attached hydrogens (tertiary/aromatic N) is 1. The number of nitrogens with two attached hydrogens (primary N) is 1. The van der Waals surface area contributed by atoms with Crippen molar-refractivity contribution in [1.82, 2.24) is 4.90 Å². The van der Waals surface area contributed by atoms with E-state index in [0.29, 0.717) is 5.57 Å². The average Bonchev–Trinajstić information content (AvgIpc) is 2.79. The molecule has 2 saturated heterocycles. The number of Topliss-reactive ketones (excluding diaryl/α,β-unsaturated/α-hetero) is 2. The van der Waals surface area contributed by atoms with E-state index in [2.05, 4.69) is 6.58 Å². The van der Waals surface area contributed by atoms with Crippen molar-refractivity contribution >= 4 is 35.2 Å². The smallest absolute Gasteiger partial charge is 0.334 e. The van der Waals surface area contributed by atoms with Gasteiger partial charge in [-0.05, 0) is 23.6 Å². The van der Waals surface area contributed by atoms with Crippen molar-refractivity contribution < 1.29 is 23.9 Å². The fraction of sp³-hybridized carbons (Fsp3) is 0.280. The third kappa shape index (κ3) is 4.36. The van der Waals surface area contributed by atoms with Crippen molar-refractivity contribution in [2.75, 3.05) is 0 Å². The van der Waals surface area contributed by atoms with Crippen molar-refractivity contribution in [3.05, 3.63) is 83.9 Å². The maximum atomic E-state index is 13.4. The van der Waals surface area contributed by atoms with Crippen LogP contribution in [0.25, 0.3) is 0 Å². The highest BCUT2D eigenvalue weighted by Crippen LogP contribution is 2.46. The van der Waals surface area contributed by atoms with Gasteiger partial charge in [-0.3, -0.25) is 14.4 Å². The zero-order valence-electron chi connectivity index (χ0n) is 18.0. The second-order valence-electron chi connectivity index (χ2n) is 8.13. The van der Waals surface area contributed by atoms with E-state index >= 15 is 0 Å². The Morgan fingerprint density at radius 3 is 2.12 bits per heavy atom. The van der Waals surface area contributed by atoms with Gasteiger partial charge in [-0.2, -0.15) is 0 Å². The molecule has 0 aliphatic carbocycles. The van der Waals surface area contributed by atoms with E-state index < -0.39 is 46.5 Å². The van der Waals surface area contributed by atoms with Gasteiger partial charge >= 0.3 is 5.97 Å². The summed E-state index contributed by atoms with van der Waals surface area (Å²) in [7, 11) is 0. The van der Waals surface area contributed by atoms with E-state index in [4.69, 9.17) is 10.5 Å². The number of ketones is 2. The number of rotatable bonds is 7. The minimum Gasteiger partial charge on any atom is -0.451 e. The van der Waals surface area contributed by atoms with Gasteiger partial charge in [-0.25, -0.2) is 4.79 Å². The highest BCUT2D eigenvalue weighted by atomic mass is 32.2. The number of carbonyl (C=O) groups is 4. The molecule has 8 heteroatoms. The van der Waals surface area contributed by atoms with Gasteiger partial charge in [0.2, 0.25) is 5.91 Å². The van der Waals surface area contributed by atoms with Crippen LogP contribution in [-0.4, -0.2) is 45.1 Å². The number of fused-ring (bicyclic) bond motifs is 1. The van der Waals surface area contributed by atoms with Gasteiger partial charge in [0.1, 0.15) is 11.7 Å². The largest absolute Gasteiger partial charge is 0.451 e. The van der Waals surface area contributed by atoms with E-state index in [1.807, 2.05) is 60.7 Å². The summed E-state index contributed by atoms with van der Waals surface area (Å²) in [5, 5.41) is -1.29. The standard InChI is InChI=1S/C25H24N2O5S/c1-14(28)13-18(29)19-23(30)27-20(15(2)22(26)33-24(19)27)25(31)32-21(16-9-5-3-6-10-16)17-11-7-4-8-12-17/h3-12,19-22,24H,2,13,26H2,1H3/t19-,20-,22?,24-/m1/s1. The summed E-state index contributed by atoms with van der Waals surface area (Å²) in [5.74, 6) is -2.94. The second kappa shape index (κ2) is 9.33. The van der Waals surface area contributed by atoms with Crippen LogP contribution in [0.2, 0.25) is 0 Å². The number of β-lactam (4-membered cyclic amide) rings is 1. The van der Waals surface area contributed by atoms with E-state index in [1.54, 1.807) is 0 Å². The summed E-state index contributed by atoms with van der Waals surface area (Å²) < 4.78 is 5.94. The van der Waals surface area contributed by atoms with E-state index in [9.17, 15) is 19.2 Å². The Labute approximate surface area is 196 Å². The fourth-order valence-corrected chi connectivity index (χ4v) is 5.54. The lowest BCUT2D eigenvalue weighted by Gasteiger charge is -2.53. The molecule has 0 spiro atoms. The van der Waals surface area contributed by atoms with Crippen LogP contribution in [0.15, 0.2) is 72.8 Å². The molecular formula is C25H24N2O5S. The summed E-state index contributed by atoms with van der Waals surface area (Å²) in [6.45, 7) is 5.24. The van der Waals surface area contributed by atoms with Gasteiger partial charge < -0.3 is 15.4 Å². The van der Waals surface area contributed by atoms with Crippen molar-refractivity contribution in [2.45, 2.75) is 36.2 Å². The van der Waals surface area contributed by atoms with Gasteiger partial charge in [0, 0.05) is 0 Å². The number of esters is 1. The monoisotopic (exact) mass is 464 g/mol. The van der Waals surface area contributed by atoms with Crippen LogP contribution in [0.5, 0.6) is 0 Å². The lowest BCUT2D eigenvalue weighted by molar-refractivity contribution is -0.170. The molecule has 4 rings (SSSR count). The third-order valence-electron chi connectivity index (χ3n) is 5.79. The third-order valence-corrected chi connectivity index (χ3v) is 7.17. The summed E-state index contributed by atoms with van der Waals surface area (Å²) in [6.07, 6.45) is -1.01. The quantitative estimate of drug-likeness (QED) is 0.290. The highest BCUT2D eigenvalue weighted by molar-refractivity contribution is 8.00. The van der Waals surface area contributed by atoms with Gasteiger partial charge in [-0.15, -0.1) is 11.8 Å². The van der Waals surface area contributed by atoms with Crippen LogP contribution in [0.4, 0.5) is 0 Å². The first-order valence-electron chi connectivity index (χ1n) is 10.5. The maximum absolute atomic E-state index is 13.4. The molecule has 2 fully saturated rings. The summed E-state index contributed by atoms with van der Waals surface area (Å²) in [5.41, 5.74) is 8.09. The predicted molar refractivity (Wildman–Crippen MR) is 124 cm³/mol. The molecule has 0 radical (unpaired) electrons. The second-order valence-corrected chi connectivity index (χ2v) is 9.39. The number of benzene rings is 2. The first-order valence-corrected chi connectivity index (χ1v) is 11.5. The van der Waals surface area contributed by atoms with E-state index in [0.717, 1.165) is 11.1 Å². The Morgan fingerprint density at radius 2 is 1.61 bits per heavy atom. The molecule has 0 bridgehead atoms. The molecule has 2 aromatic rings. The SMILES string of the molecule is C=C1C(N)S[C@@H]2[C@H](C(=O)CC(C)=O)C(=O)N2[C@H]1C(=O)OC(c1ccccc1)c1ccccc1. The van der Waals surface area contributed by atoms with Crippen LogP contribution < -0.4 is 5.73 Å². The van der Waals surface area contributed by atoms with Crippen LogP contribution in [-0.2, 0) is 23.9 Å². The number of hydrogen-bond donors (Lipinski definition) is 1. The number of carbonyl (C=O) groups excluding carboxylic acids is 4. The topological polar surface area (TPSA) is 107 Å². The first-order chi connectivity index (χ1) is 15.8. The maximum Gasteiger partial charge on any atom is 0.334 e. The van der Waals surface area contributed by atoms with Crippen LogP contribution in [0.1, 0.15) is 30.6 Å². The molecule has 1 amide bonds. The van der Waals surface area contributed by atoms with Crippen LogP contribution in [0, 0.1) is 5.92 Å². The lowest BCUT2D eigenvalue weighted by atomic mass is 9.87. The zero-order valence-corrected chi connectivity index (χ0v) is 18.9. The van der Waals surface area contributed by atoms with E-state index in [1.165, 1.54) is 23.6 Å². The zero-order chi connectivity index (χ0) is 23.7. The molecule has 33 heavy (non-hydrogen) atoms. The minimum absolute atomic E-state index is 0.315. The predicted octanol–water partition coefficient (Wildman–Crippen LogP) is 2.61. The summed E-state index contributed by atoms with van der Waals surface area (Å²) >= 11 is 1.19. The van der Waals surface area contributed by atoms with Crippen molar-refractivity contribution in [1.29, 1.82) is 0 Å². The van der Waals surface area contributed by atoms with Crippen molar-refractivity contribution in [3.8, 4) is 0 Å². The molecule has 2 aliphatic heterocycles. The number of amides is 1. The van der Waals surface area contributed by atoms with Gasteiger partial charge in [-0.1, -0.05) is 67.2 Å². The molecule has 7 nitrogen and oxygen atoms in total. The Balaban J connectivity index is 1.61. The molecule has 0 aromatic heterocycles. The number of thioether (sulfide) groups is 1. The van der Waals surface area contributed by atoms with E-state index in [-0.39, 0.29) is 12.2 Å². The van der Waals surface area contributed by atoms with Gasteiger partial charge in [0.25, 0.3) is 0 Å². The molecule has 2 aromatic carbocycles. The Kier molecular flexibility index (Phi) is 6.49. The van der Waals surface area contributed by atoms with Gasteiger partial charge in [0.05, 0.1) is 17.2 Å². The molecule has 0 saturated carbocycles. The molecule has 2 heterocycles. The minimum atomic E-state index is -1.10. The highest BCUT2D eigenvalue weighted by Gasteiger charge is 2.60. The van der Waals surface area contributed by atoms with Crippen LogP contribution in [0.3, 0.4) is 0 Å². The molecule has 2 aliphatic rings. The fourth-order valence-electron chi connectivity index (χ4n) is 4.16. The average molecular weight is 465 g/mol. The Bertz CT molecular complexity index is 1060. The van der Waals surface area contributed by atoms with Crippen molar-refractivity contribution in [2.24, 2.45) is 11.7 Å². The molecule has 1 unspecified atom stereocenters. The molecular weight excluding hydrogens is 440 g/mol. The van der Waals surface area contributed by atoms with Crippen molar-refractivity contribution in [3.63, 3.8) is 0 Å². The molecule has 170 valence electrons. The normalized spacial score (nSPS) is 24.2. The molecule has 2 N–H and O–H groups in total. The van der Waals surface area contributed by atoms with Crippen LogP contribution >= 0.6 is 11.8 Å². The Morgan fingerprint density at radius 1 is 1.06 bits per heavy atom. The Hall–Kier alpha value is -3.23. The molecule has 4 atom stereocenters. The van der Waals surface area contributed by atoms with Gasteiger partial charge in [0.15, 0.2) is 17.9 Å². The number of ether oxygens (including phenoxy) is 1. The summed E-state index contributed by atoms with van der Waals surface area (Å²) in [6, 6.07) is 17.5. The number of hydrogen-bond acceptors (Lipinski definition) is 7.